The van der Waals surface area contributed by atoms with E-state index in [2.05, 4.69) is 20.2 Å². The van der Waals surface area contributed by atoms with Crippen molar-refractivity contribution in [2.24, 2.45) is 16.8 Å². The number of nitrogens with zero attached hydrogens (tertiary/aromatic N) is 3. The second kappa shape index (κ2) is 8.14. The van der Waals surface area contributed by atoms with Crippen LogP contribution in [0.2, 0.25) is 0 Å². The van der Waals surface area contributed by atoms with Gasteiger partial charge in [0.15, 0.2) is 12.6 Å². The maximum Gasteiger partial charge on any atom is 0.422 e. The highest BCUT2D eigenvalue weighted by Gasteiger charge is 2.35. The van der Waals surface area contributed by atoms with Crippen LogP contribution in [0.25, 0.3) is 0 Å². The molecule has 8 heteroatoms. The first-order valence-corrected chi connectivity index (χ1v) is 9.04. The first-order chi connectivity index (χ1) is 12.4. The van der Waals surface area contributed by atoms with E-state index in [4.69, 9.17) is 4.74 Å². The topological polar surface area (TPSA) is 49.8 Å². The summed E-state index contributed by atoms with van der Waals surface area (Å²) in [7, 11) is 1.76. The summed E-state index contributed by atoms with van der Waals surface area (Å²) in [6.45, 7) is 1.18. The summed E-state index contributed by atoms with van der Waals surface area (Å²) in [6, 6.07) is 3.28. The van der Waals surface area contributed by atoms with Gasteiger partial charge < -0.3 is 15.0 Å². The molecular formula is C18H25F3N4O. The van der Waals surface area contributed by atoms with Gasteiger partial charge in [0.2, 0.25) is 5.88 Å². The van der Waals surface area contributed by atoms with Crippen molar-refractivity contribution >= 4 is 5.96 Å². The van der Waals surface area contributed by atoms with Crippen LogP contribution in [0.1, 0.15) is 31.2 Å². The van der Waals surface area contributed by atoms with Gasteiger partial charge in [-0.1, -0.05) is 12.8 Å². The van der Waals surface area contributed by atoms with Crippen molar-refractivity contribution in [1.82, 2.24) is 15.2 Å². The number of fused-ring (bicyclic) bond motifs is 1. The number of ether oxygens (including phenoxy) is 1. The van der Waals surface area contributed by atoms with E-state index < -0.39 is 12.8 Å². The number of alkyl halides is 3. The van der Waals surface area contributed by atoms with Crippen LogP contribution >= 0.6 is 0 Å². The lowest BCUT2D eigenvalue weighted by Crippen LogP contribution is -2.39. The number of nitrogens with one attached hydrogen (secondary N) is 1. The molecule has 5 nitrogen and oxygen atoms in total. The number of guanidine groups is 1. The zero-order valence-electron chi connectivity index (χ0n) is 14.9. The molecule has 1 aliphatic carbocycles. The van der Waals surface area contributed by atoms with E-state index in [1.165, 1.54) is 37.9 Å². The fourth-order valence-corrected chi connectivity index (χ4v) is 3.89. The number of hydrogen-bond acceptors (Lipinski definition) is 3. The Balaban J connectivity index is 1.54. The predicted octanol–water partition coefficient (Wildman–Crippen LogP) is 3.22. The number of rotatable bonds is 4. The maximum atomic E-state index is 12.3. The van der Waals surface area contributed by atoms with Gasteiger partial charge in [-0.05, 0) is 36.3 Å². The average Bonchev–Trinajstić information content (AvgIpc) is 3.04. The van der Waals surface area contributed by atoms with Gasteiger partial charge in [0.25, 0.3) is 0 Å². The molecule has 2 atom stereocenters. The molecule has 1 aromatic rings. The molecule has 0 aromatic carbocycles. The van der Waals surface area contributed by atoms with Crippen LogP contribution in [-0.4, -0.2) is 48.8 Å². The van der Waals surface area contributed by atoms with Gasteiger partial charge in [0, 0.05) is 38.9 Å². The van der Waals surface area contributed by atoms with E-state index in [9.17, 15) is 13.2 Å². The summed E-state index contributed by atoms with van der Waals surface area (Å²) in [6.07, 6.45) is 2.31. The standard InChI is InChI=1S/C18H25F3N4O/c1-22-17(25-10-14-4-2-3-5-15(14)11-25)24-9-13-6-7-23-16(8-13)26-12-18(19,20)21/h6-8,14-15H,2-5,9-12H2,1H3,(H,22,24). The molecule has 2 aliphatic rings. The Labute approximate surface area is 151 Å². The number of aromatic nitrogens is 1. The summed E-state index contributed by atoms with van der Waals surface area (Å²) in [5, 5.41) is 3.31. The molecule has 2 unspecified atom stereocenters. The van der Waals surface area contributed by atoms with E-state index in [1.54, 1.807) is 13.1 Å². The van der Waals surface area contributed by atoms with Crippen molar-refractivity contribution in [3.8, 4) is 5.88 Å². The van der Waals surface area contributed by atoms with Crippen LogP contribution in [0.4, 0.5) is 13.2 Å². The Kier molecular flexibility index (Phi) is 5.88. The minimum atomic E-state index is -4.37. The van der Waals surface area contributed by atoms with Crippen molar-refractivity contribution in [2.75, 3.05) is 26.7 Å². The van der Waals surface area contributed by atoms with Gasteiger partial charge in [0.1, 0.15) is 0 Å². The molecular weight excluding hydrogens is 345 g/mol. The Morgan fingerprint density at radius 2 is 2.00 bits per heavy atom. The first kappa shape index (κ1) is 18.8. The minimum absolute atomic E-state index is 0.0243. The van der Waals surface area contributed by atoms with E-state index in [0.29, 0.717) is 6.54 Å². The van der Waals surface area contributed by atoms with Gasteiger partial charge in [-0.3, -0.25) is 4.99 Å². The lowest BCUT2D eigenvalue weighted by atomic mass is 9.82. The summed E-state index contributed by atoms with van der Waals surface area (Å²) in [5.41, 5.74) is 0.801. The lowest BCUT2D eigenvalue weighted by molar-refractivity contribution is -0.154. The molecule has 1 aliphatic heterocycles. The molecule has 0 amide bonds. The van der Waals surface area contributed by atoms with Crippen LogP contribution in [0.15, 0.2) is 23.3 Å². The third-order valence-electron chi connectivity index (χ3n) is 5.12. The summed E-state index contributed by atoms with van der Waals surface area (Å²) in [4.78, 5) is 10.5. The Morgan fingerprint density at radius 1 is 1.31 bits per heavy atom. The Morgan fingerprint density at radius 3 is 2.62 bits per heavy atom. The molecule has 2 heterocycles. The molecule has 0 bridgehead atoms. The highest BCUT2D eigenvalue weighted by molar-refractivity contribution is 5.80. The van der Waals surface area contributed by atoms with Gasteiger partial charge in [0.05, 0.1) is 0 Å². The van der Waals surface area contributed by atoms with Crippen molar-refractivity contribution in [1.29, 1.82) is 0 Å². The molecule has 2 fully saturated rings. The van der Waals surface area contributed by atoms with Crippen LogP contribution in [0, 0.1) is 11.8 Å². The fraction of sp³-hybridized carbons (Fsp3) is 0.667. The monoisotopic (exact) mass is 370 g/mol. The second-order valence-corrected chi connectivity index (χ2v) is 7.02. The third-order valence-corrected chi connectivity index (χ3v) is 5.12. The van der Waals surface area contributed by atoms with Crippen LogP contribution in [-0.2, 0) is 6.54 Å². The van der Waals surface area contributed by atoms with Crippen LogP contribution < -0.4 is 10.1 Å². The van der Waals surface area contributed by atoms with Crippen molar-refractivity contribution in [3.05, 3.63) is 23.9 Å². The molecule has 1 aromatic heterocycles. The van der Waals surface area contributed by atoms with Crippen LogP contribution in [0.3, 0.4) is 0 Å². The van der Waals surface area contributed by atoms with Crippen LogP contribution in [0.5, 0.6) is 5.88 Å². The fourth-order valence-electron chi connectivity index (χ4n) is 3.89. The zero-order valence-corrected chi connectivity index (χ0v) is 14.9. The van der Waals surface area contributed by atoms with E-state index in [0.717, 1.165) is 36.4 Å². The molecule has 1 N–H and O–H groups in total. The summed E-state index contributed by atoms with van der Waals surface area (Å²) < 4.78 is 41.5. The number of aliphatic imine (C=N–C) groups is 1. The zero-order chi connectivity index (χ0) is 18.6. The highest BCUT2D eigenvalue weighted by atomic mass is 19.4. The van der Waals surface area contributed by atoms with Gasteiger partial charge >= 0.3 is 6.18 Å². The lowest BCUT2D eigenvalue weighted by Gasteiger charge is -2.22. The summed E-state index contributed by atoms with van der Waals surface area (Å²) in [5.74, 6) is 2.33. The van der Waals surface area contributed by atoms with E-state index >= 15 is 0 Å². The molecule has 144 valence electrons. The quantitative estimate of drug-likeness (QED) is 0.653. The smallest absolute Gasteiger partial charge is 0.422 e. The van der Waals surface area contributed by atoms with Crippen molar-refractivity contribution < 1.29 is 17.9 Å². The van der Waals surface area contributed by atoms with E-state index in [1.807, 2.05) is 0 Å². The summed E-state index contributed by atoms with van der Waals surface area (Å²) >= 11 is 0. The van der Waals surface area contributed by atoms with Gasteiger partial charge in [-0.15, -0.1) is 0 Å². The minimum Gasteiger partial charge on any atom is -0.468 e. The maximum absolute atomic E-state index is 12.3. The van der Waals surface area contributed by atoms with E-state index in [-0.39, 0.29) is 5.88 Å². The van der Waals surface area contributed by atoms with Gasteiger partial charge in [-0.2, -0.15) is 13.2 Å². The first-order valence-electron chi connectivity index (χ1n) is 9.04. The molecule has 1 saturated heterocycles. The molecule has 0 spiro atoms. The largest absolute Gasteiger partial charge is 0.468 e. The van der Waals surface area contributed by atoms with Crippen molar-refractivity contribution in [2.45, 2.75) is 38.4 Å². The number of hydrogen-bond donors (Lipinski definition) is 1. The molecule has 1 saturated carbocycles. The second-order valence-electron chi connectivity index (χ2n) is 7.02. The van der Waals surface area contributed by atoms with Crippen molar-refractivity contribution in [3.63, 3.8) is 0 Å². The predicted molar refractivity (Wildman–Crippen MR) is 93.0 cm³/mol. The average molecular weight is 370 g/mol. The normalized spacial score (nSPS) is 23.7. The Bertz CT molecular complexity index is 621. The SMILES string of the molecule is CN=C(NCc1ccnc(OCC(F)(F)F)c1)N1CC2CCCCC2C1. The Hall–Kier alpha value is -1.99. The number of pyridine rings is 1. The molecule has 0 radical (unpaired) electrons. The third kappa shape index (κ3) is 5.02. The number of halogens is 3. The highest BCUT2D eigenvalue weighted by Crippen LogP contribution is 2.35. The number of likely N-dealkylation sites (tertiary alicyclic amines) is 1. The van der Waals surface area contributed by atoms with Gasteiger partial charge in [-0.25, -0.2) is 4.98 Å². The molecule has 26 heavy (non-hydrogen) atoms. The molecule has 3 rings (SSSR count).